The first-order valence-corrected chi connectivity index (χ1v) is 10.6. The smallest absolute Gasteiger partial charge is 0.273 e. The number of aromatic nitrogens is 1. The second kappa shape index (κ2) is 8.18. The first kappa shape index (κ1) is 18.3. The van der Waals surface area contributed by atoms with Crippen molar-refractivity contribution in [2.75, 3.05) is 25.9 Å². The zero-order chi connectivity index (χ0) is 16.9. The van der Waals surface area contributed by atoms with Crippen molar-refractivity contribution in [2.24, 2.45) is 5.73 Å². The van der Waals surface area contributed by atoms with Crippen LogP contribution in [0.15, 0.2) is 5.38 Å². The van der Waals surface area contributed by atoms with Crippen molar-refractivity contribution in [3.05, 3.63) is 16.1 Å². The summed E-state index contributed by atoms with van der Waals surface area (Å²) in [6.07, 6.45) is 5.38. The molecule has 0 aliphatic carbocycles. The molecule has 1 amide bonds. The highest BCUT2D eigenvalue weighted by Crippen LogP contribution is 2.22. The number of nitrogens with two attached hydrogens (primary N) is 1. The van der Waals surface area contributed by atoms with Crippen molar-refractivity contribution in [1.82, 2.24) is 14.6 Å². The SMILES string of the molecule is CS(=O)(=O)NCCC1CCCCN1C(=O)c1csc(CCN)n1. The highest BCUT2D eigenvalue weighted by Gasteiger charge is 2.28. The van der Waals surface area contributed by atoms with Gasteiger partial charge in [-0.3, -0.25) is 4.79 Å². The first-order chi connectivity index (χ1) is 10.9. The molecule has 0 saturated carbocycles. The number of rotatable bonds is 7. The third kappa shape index (κ3) is 5.52. The topological polar surface area (TPSA) is 105 Å². The number of likely N-dealkylation sites (tertiary alicyclic amines) is 1. The second-order valence-corrected chi connectivity index (χ2v) is 8.54. The molecule has 1 fully saturated rings. The van der Waals surface area contributed by atoms with Gasteiger partial charge in [0.2, 0.25) is 10.0 Å². The van der Waals surface area contributed by atoms with E-state index in [9.17, 15) is 13.2 Å². The first-order valence-electron chi connectivity index (χ1n) is 7.81. The van der Waals surface area contributed by atoms with Gasteiger partial charge >= 0.3 is 0 Å². The van der Waals surface area contributed by atoms with Crippen LogP contribution in [0.25, 0.3) is 0 Å². The molecule has 2 heterocycles. The molecule has 1 saturated heterocycles. The largest absolute Gasteiger partial charge is 0.334 e. The van der Waals surface area contributed by atoms with Crippen molar-refractivity contribution in [2.45, 2.75) is 38.1 Å². The number of hydrogen-bond acceptors (Lipinski definition) is 6. The van der Waals surface area contributed by atoms with Gasteiger partial charge in [-0.15, -0.1) is 11.3 Å². The van der Waals surface area contributed by atoms with Gasteiger partial charge in [0.25, 0.3) is 5.91 Å². The quantitative estimate of drug-likeness (QED) is 0.740. The molecule has 9 heteroatoms. The molecule has 1 aliphatic rings. The van der Waals surface area contributed by atoms with E-state index in [0.717, 1.165) is 30.5 Å². The van der Waals surface area contributed by atoms with Gasteiger partial charge in [0, 0.05) is 30.9 Å². The molecule has 0 aromatic carbocycles. The predicted octanol–water partition coefficient (Wildman–Crippen LogP) is 0.578. The number of nitrogens with zero attached hydrogens (tertiary/aromatic N) is 2. The molecule has 23 heavy (non-hydrogen) atoms. The molecule has 7 nitrogen and oxygen atoms in total. The van der Waals surface area contributed by atoms with E-state index in [2.05, 4.69) is 9.71 Å². The molecule has 1 aliphatic heterocycles. The number of hydrogen-bond donors (Lipinski definition) is 2. The minimum Gasteiger partial charge on any atom is -0.334 e. The molecule has 3 N–H and O–H groups in total. The number of piperidine rings is 1. The van der Waals surface area contributed by atoms with E-state index in [0.29, 0.717) is 38.2 Å². The van der Waals surface area contributed by atoms with Gasteiger partial charge in [-0.25, -0.2) is 18.1 Å². The van der Waals surface area contributed by atoms with Crippen LogP contribution < -0.4 is 10.5 Å². The van der Waals surface area contributed by atoms with Gasteiger partial charge in [0.15, 0.2) is 0 Å². The minimum absolute atomic E-state index is 0.0603. The Hall–Kier alpha value is -1.03. The van der Waals surface area contributed by atoms with Crippen LogP contribution >= 0.6 is 11.3 Å². The monoisotopic (exact) mass is 360 g/mol. The maximum absolute atomic E-state index is 12.7. The van der Waals surface area contributed by atoms with Gasteiger partial charge in [-0.2, -0.15) is 0 Å². The standard InChI is InChI=1S/C14H24N4O3S2/c1-23(20,21)16-8-6-11-4-2-3-9-18(11)14(19)12-10-22-13(17-12)5-7-15/h10-11,16H,2-9,15H2,1H3. The van der Waals surface area contributed by atoms with E-state index in [1.165, 1.54) is 11.3 Å². The number of sulfonamides is 1. The van der Waals surface area contributed by atoms with Gasteiger partial charge in [0.05, 0.1) is 11.3 Å². The molecule has 130 valence electrons. The van der Waals surface area contributed by atoms with Crippen molar-refractivity contribution in [3.8, 4) is 0 Å². The Kier molecular flexibility index (Phi) is 6.51. The summed E-state index contributed by atoms with van der Waals surface area (Å²) in [4.78, 5) is 18.9. The minimum atomic E-state index is -3.19. The van der Waals surface area contributed by atoms with Crippen LogP contribution in [-0.2, 0) is 16.4 Å². The summed E-state index contributed by atoms with van der Waals surface area (Å²) < 4.78 is 24.8. The summed E-state index contributed by atoms with van der Waals surface area (Å²) >= 11 is 1.46. The fourth-order valence-electron chi connectivity index (χ4n) is 2.77. The Labute approximate surface area is 141 Å². The van der Waals surface area contributed by atoms with Crippen LogP contribution in [-0.4, -0.2) is 56.1 Å². The van der Waals surface area contributed by atoms with Crippen LogP contribution in [0, 0.1) is 0 Å². The molecular weight excluding hydrogens is 336 g/mol. The van der Waals surface area contributed by atoms with Crippen LogP contribution in [0.1, 0.15) is 41.2 Å². The third-order valence-electron chi connectivity index (χ3n) is 3.86. The van der Waals surface area contributed by atoms with Crippen LogP contribution in [0.5, 0.6) is 0 Å². The summed E-state index contributed by atoms with van der Waals surface area (Å²) in [5.74, 6) is -0.0615. The normalized spacial score (nSPS) is 19.0. The highest BCUT2D eigenvalue weighted by atomic mass is 32.2. The lowest BCUT2D eigenvalue weighted by molar-refractivity contribution is 0.0598. The third-order valence-corrected chi connectivity index (χ3v) is 5.50. The molecule has 1 aromatic heterocycles. The van der Waals surface area contributed by atoms with Gasteiger partial charge in [-0.1, -0.05) is 0 Å². The van der Waals surface area contributed by atoms with Crippen molar-refractivity contribution in [3.63, 3.8) is 0 Å². The number of amides is 1. The van der Waals surface area contributed by atoms with Crippen LogP contribution in [0.3, 0.4) is 0 Å². The second-order valence-electron chi connectivity index (χ2n) is 5.77. The predicted molar refractivity (Wildman–Crippen MR) is 91.0 cm³/mol. The molecular formula is C14H24N4O3S2. The average molecular weight is 361 g/mol. The summed E-state index contributed by atoms with van der Waals surface area (Å²) in [6.45, 7) is 1.57. The average Bonchev–Trinajstić information content (AvgIpc) is 2.95. The number of carbonyl (C=O) groups excluding carboxylic acids is 1. The van der Waals surface area contributed by atoms with E-state index >= 15 is 0 Å². The molecule has 1 aromatic rings. The van der Waals surface area contributed by atoms with E-state index in [4.69, 9.17) is 5.73 Å². The van der Waals surface area contributed by atoms with Gasteiger partial charge in [0.1, 0.15) is 5.69 Å². The lowest BCUT2D eigenvalue weighted by Crippen LogP contribution is -2.45. The number of carbonyl (C=O) groups is 1. The van der Waals surface area contributed by atoms with E-state index in [1.807, 2.05) is 4.90 Å². The van der Waals surface area contributed by atoms with E-state index in [1.54, 1.807) is 5.38 Å². The number of thiazole rings is 1. The maximum Gasteiger partial charge on any atom is 0.273 e. The Morgan fingerprint density at radius 3 is 3.00 bits per heavy atom. The summed E-state index contributed by atoms with van der Waals surface area (Å²) in [7, 11) is -3.19. The zero-order valence-corrected chi connectivity index (χ0v) is 15.0. The van der Waals surface area contributed by atoms with Crippen molar-refractivity contribution < 1.29 is 13.2 Å². The fourth-order valence-corrected chi connectivity index (χ4v) is 4.05. The summed E-state index contributed by atoms with van der Waals surface area (Å²) in [6, 6.07) is 0.0603. The van der Waals surface area contributed by atoms with E-state index < -0.39 is 10.0 Å². The number of nitrogens with one attached hydrogen (secondary N) is 1. The fraction of sp³-hybridized carbons (Fsp3) is 0.714. The summed E-state index contributed by atoms with van der Waals surface area (Å²) in [5.41, 5.74) is 5.99. The Bertz CT molecular complexity index is 630. The Balaban J connectivity index is 2.00. The van der Waals surface area contributed by atoms with E-state index in [-0.39, 0.29) is 11.9 Å². The van der Waals surface area contributed by atoms with Gasteiger partial charge < -0.3 is 10.6 Å². The lowest BCUT2D eigenvalue weighted by atomic mass is 9.99. The molecule has 1 atom stereocenters. The maximum atomic E-state index is 12.7. The van der Waals surface area contributed by atoms with Gasteiger partial charge in [-0.05, 0) is 32.2 Å². The zero-order valence-electron chi connectivity index (χ0n) is 13.3. The van der Waals surface area contributed by atoms with Crippen LogP contribution in [0.4, 0.5) is 0 Å². The molecule has 1 unspecified atom stereocenters. The highest BCUT2D eigenvalue weighted by molar-refractivity contribution is 7.88. The molecule has 2 rings (SSSR count). The molecule has 0 radical (unpaired) electrons. The lowest BCUT2D eigenvalue weighted by Gasteiger charge is -2.35. The molecule has 0 bridgehead atoms. The van der Waals surface area contributed by atoms with Crippen molar-refractivity contribution >= 4 is 27.3 Å². The Morgan fingerprint density at radius 2 is 2.30 bits per heavy atom. The van der Waals surface area contributed by atoms with Crippen molar-refractivity contribution in [1.29, 1.82) is 0 Å². The van der Waals surface area contributed by atoms with Crippen LogP contribution in [0.2, 0.25) is 0 Å². The Morgan fingerprint density at radius 1 is 1.52 bits per heavy atom. The summed E-state index contributed by atoms with van der Waals surface area (Å²) in [5, 5.41) is 2.66. The molecule has 0 spiro atoms.